The Morgan fingerprint density at radius 3 is 2.57 bits per heavy atom. The van der Waals surface area contributed by atoms with Crippen LogP contribution in [0.1, 0.15) is 30.1 Å². The first-order valence-electron chi connectivity index (χ1n) is 6.75. The van der Waals surface area contributed by atoms with Crippen LogP contribution in [-0.2, 0) is 0 Å². The molecule has 2 unspecified atom stereocenters. The van der Waals surface area contributed by atoms with Crippen molar-refractivity contribution in [3.8, 4) is 0 Å². The van der Waals surface area contributed by atoms with Crippen LogP contribution in [0.25, 0.3) is 0 Å². The van der Waals surface area contributed by atoms with Gasteiger partial charge in [0.05, 0.1) is 0 Å². The maximum Gasteiger partial charge on any atom is 0.446 e. The van der Waals surface area contributed by atoms with E-state index in [4.69, 9.17) is 0 Å². The topological polar surface area (TPSA) is 41.1 Å². The number of carbonyl (C=O) groups is 1. The van der Waals surface area contributed by atoms with E-state index in [2.05, 4.69) is 10.6 Å². The maximum absolute atomic E-state index is 12.2. The summed E-state index contributed by atoms with van der Waals surface area (Å²) >= 11 is -0.184. The zero-order valence-corrected chi connectivity index (χ0v) is 12.4. The van der Waals surface area contributed by atoms with Crippen LogP contribution in [0, 0.1) is 0 Å². The lowest BCUT2D eigenvalue weighted by molar-refractivity contribution is -0.0328. The summed E-state index contributed by atoms with van der Waals surface area (Å²) < 4.78 is 36.7. The van der Waals surface area contributed by atoms with Gasteiger partial charge in [0.2, 0.25) is 0 Å². The van der Waals surface area contributed by atoms with Gasteiger partial charge < -0.3 is 10.6 Å². The molecule has 0 spiro atoms. The quantitative estimate of drug-likeness (QED) is 0.841. The Morgan fingerprint density at radius 1 is 1.33 bits per heavy atom. The second-order valence-corrected chi connectivity index (χ2v) is 6.18. The SMILES string of the molecule is CC1NCCCC1NC(=O)c1ccc(SC(F)(F)F)cc1. The number of benzene rings is 1. The van der Waals surface area contributed by atoms with Gasteiger partial charge in [0.25, 0.3) is 5.91 Å². The molecule has 0 aromatic heterocycles. The third-order valence-electron chi connectivity index (χ3n) is 3.43. The van der Waals surface area contributed by atoms with Crippen molar-refractivity contribution in [1.29, 1.82) is 0 Å². The Labute approximate surface area is 125 Å². The number of alkyl halides is 3. The average molecular weight is 318 g/mol. The molecule has 1 aromatic carbocycles. The molecule has 3 nitrogen and oxygen atoms in total. The third kappa shape index (κ3) is 4.93. The number of nitrogens with one attached hydrogen (secondary N) is 2. The van der Waals surface area contributed by atoms with Gasteiger partial charge in [-0.3, -0.25) is 4.79 Å². The lowest BCUT2D eigenvalue weighted by atomic mass is 9.99. The van der Waals surface area contributed by atoms with E-state index < -0.39 is 5.51 Å². The molecule has 0 saturated carbocycles. The summed E-state index contributed by atoms with van der Waals surface area (Å²) in [7, 11) is 0. The van der Waals surface area contributed by atoms with Gasteiger partial charge in [-0.2, -0.15) is 13.2 Å². The molecule has 1 fully saturated rings. The van der Waals surface area contributed by atoms with Crippen molar-refractivity contribution in [3.05, 3.63) is 29.8 Å². The summed E-state index contributed by atoms with van der Waals surface area (Å²) in [5.41, 5.74) is -3.94. The molecule has 2 N–H and O–H groups in total. The molecule has 1 aliphatic heterocycles. The Bertz CT molecular complexity index is 490. The third-order valence-corrected chi connectivity index (χ3v) is 4.17. The number of carbonyl (C=O) groups excluding carboxylic acids is 1. The highest BCUT2D eigenvalue weighted by Gasteiger charge is 2.29. The summed E-state index contributed by atoms with van der Waals surface area (Å²) in [4.78, 5) is 12.2. The largest absolute Gasteiger partial charge is 0.446 e. The monoisotopic (exact) mass is 318 g/mol. The molecule has 0 aliphatic carbocycles. The van der Waals surface area contributed by atoms with Gasteiger partial charge in [-0.15, -0.1) is 0 Å². The molecule has 1 aliphatic rings. The van der Waals surface area contributed by atoms with E-state index in [9.17, 15) is 18.0 Å². The highest BCUT2D eigenvalue weighted by atomic mass is 32.2. The number of hydrogen-bond donors (Lipinski definition) is 2. The van der Waals surface area contributed by atoms with Crippen molar-refractivity contribution >= 4 is 17.7 Å². The van der Waals surface area contributed by atoms with Gasteiger partial charge in [0, 0.05) is 22.5 Å². The van der Waals surface area contributed by atoms with E-state index in [1.54, 1.807) is 0 Å². The zero-order chi connectivity index (χ0) is 15.5. The van der Waals surface area contributed by atoms with Crippen molar-refractivity contribution in [3.63, 3.8) is 0 Å². The molecule has 2 rings (SSSR count). The van der Waals surface area contributed by atoms with Crippen molar-refractivity contribution in [2.24, 2.45) is 0 Å². The smallest absolute Gasteiger partial charge is 0.348 e. The molecule has 2 atom stereocenters. The van der Waals surface area contributed by atoms with E-state index in [1.807, 2.05) is 6.92 Å². The van der Waals surface area contributed by atoms with E-state index >= 15 is 0 Å². The molecule has 1 heterocycles. The predicted molar refractivity (Wildman–Crippen MR) is 76.3 cm³/mol. The van der Waals surface area contributed by atoms with Crippen molar-refractivity contribution < 1.29 is 18.0 Å². The van der Waals surface area contributed by atoms with Gasteiger partial charge in [-0.05, 0) is 62.3 Å². The number of amides is 1. The second-order valence-electron chi connectivity index (χ2n) is 5.04. The predicted octanol–water partition coefficient (Wildman–Crippen LogP) is 3.17. The molecule has 0 bridgehead atoms. The fourth-order valence-corrected chi connectivity index (χ4v) is 2.84. The molecule has 21 heavy (non-hydrogen) atoms. The first-order chi connectivity index (χ1) is 9.85. The van der Waals surface area contributed by atoms with E-state index in [-0.39, 0.29) is 34.6 Å². The van der Waals surface area contributed by atoms with Gasteiger partial charge >= 0.3 is 5.51 Å². The Kier molecular flexibility index (Phi) is 5.16. The van der Waals surface area contributed by atoms with E-state index in [1.165, 1.54) is 24.3 Å². The minimum absolute atomic E-state index is 0.0514. The number of thioether (sulfide) groups is 1. The number of hydrogen-bond acceptors (Lipinski definition) is 3. The molecule has 7 heteroatoms. The normalized spacial score (nSPS) is 22.9. The van der Waals surface area contributed by atoms with Crippen LogP contribution < -0.4 is 10.6 Å². The van der Waals surface area contributed by atoms with Crippen LogP contribution in [0.15, 0.2) is 29.2 Å². The van der Waals surface area contributed by atoms with Crippen LogP contribution in [0.5, 0.6) is 0 Å². The first kappa shape index (κ1) is 16.2. The summed E-state index contributed by atoms with van der Waals surface area (Å²) in [6, 6.07) is 5.72. The minimum Gasteiger partial charge on any atom is -0.348 e. The molecule has 1 amide bonds. The highest BCUT2D eigenvalue weighted by molar-refractivity contribution is 8.00. The lowest BCUT2D eigenvalue weighted by Gasteiger charge is -2.30. The van der Waals surface area contributed by atoms with Crippen molar-refractivity contribution in [2.75, 3.05) is 6.54 Å². The molecule has 1 aromatic rings. The standard InChI is InChI=1S/C14H17F3N2OS/c1-9-12(3-2-8-18-9)19-13(20)10-4-6-11(7-5-10)21-14(15,16)17/h4-7,9,12,18H,2-3,8H2,1H3,(H,19,20). The van der Waals surface area contributed by atoms with E-state index in [0.29, 0.717) is 5.56 Å². The first-order valence-corrected chi connectivity index (χ1v) is 7.57. The molecular weight excluding hydrogens is 301 g/mol. The van der Waals surface area contributed by atoms with Crippen molar-refractivity contribution in [2.45, 2.75) is 42.3 Å². The fourth-order valence-electron chi connectivity index (χ4n) is 2.30. The van der Waals surface area contributed by atoms with E-state index in [0.717, 1.165) is 19.4 Å². The summed E-state index contributed by atoms with van der Waals surface area (Å²) in [5, 5.41) is 6.20. The lowest BCUT2D eigenvalue weighted by Crippen LogP contribution is -2.51. The highest BCUT2D eigenvalue weighted by Crippen LogP contribution is 2.36. The molecule has 1 saturated heterocycles. The number of halogens is 3. The Morgan fingerprint density at radius 2 is 2.00 bits per heavy atom. The molecule has 0 radical (unpaired) electrons. The van der Waals surface area contributed by atoms with Gasteiger partial charge in [0.1, 0.15) is 0 Å². The molecule has 116 valence electrons. The van der Waals surface area contributed by atoms with Crippen LogP contribution in [-0.4, -0.2) is 30.0 Å². The zero-order valence-electron chi connectivity index (χ0n) is 11.5. The maximum atomic E-state index is 12.2. The summed E-state index contributed by atoms with van der Waals surface area (Å²) in [6.45, 7) is 2.95. The van der Waals surface area contributed by atoms with Crippen LogP contribution in [0.4, 0.5) is 13.2 Å². The minimum atomic E-state index is -4.31. The van der Waals surface area contributed by atoms with Crippen LogP contribution in [0.2, 0.25) is 0 Å². The van der Waals surface area contributed by atoms with Gasteiger partial charge in [0.15, 0.2) is 0 Å². The van der Waals surface area contributed by atoms with Gasteiger partial charge in [-0.25, -0.2) is 0 Å². The Balaban J connectivity index is 1.96. The average Bonchev–Trinajstić information content (AvgIpc) is 2.40. The summed E-state index contributed by atoms with van der Waals surface area (Å²) in [5.74, 6) is -0.251. The van der Waals surface area contributed by atoms with Gasteiger partial charge in [-0.1, -0.05) is 0 Å². The summed E-state index contributed by atoms with van der Waals surface area (Å²) in [6.07, 6.45) is 1.90. The van der Waals surface area contributed by atoms with Crippen LogP contribution >= 0.6 is 11.8 Å². The van der Waals surface area contributed by atoms with Crippen molar-refractivity contribution in [1.82, 2.24) is 10.6 Å². The fraction of sp³-hybridized carbons (Fsp3) is 0.500. The number of rotatable bonds is 3. The van der Waals surface area contributed by atoms with Crippen LogP contribution in [0.3, 0.4) is 0 Å². The number of piperidine rings is 1. The second kappa shape index (κ2) is 6.70. The Hall–Kier alpha value is -1.21. The molecular formula is C14H17F3N2OS.